The van der Waals surface area contributed by atoms with Crippen molar-refractivity contribution in [1.29, 1.82) is 0 Å². The van der Waals surface area contributed by atoms with Crippen molar-refractivity contribution in [2.75, 3.05) is 0 Å². The minimum atomic E-state index is -0.937. The van der Waals surface area contributed by atoms with Crippen LogP contribution in [-0.4, -0.2) is 16.2 Å². The van der Waals surface area contributed by atoms with E-state index in [0.29, 0.717) is 0 Å². The lowest BCUT2D eigenvalue weighted by Crippen LogP contribution is -1.95. The maximum Gasteiger partial charge on any atom is 0.335 e. The summed E-state index contributed by atoms with van der Waals surface area (Å²) < 4.78 is 0. The Kier molecular flexibility index (Phi) is 7.67. The van der Waals surface area contributed by atoms with Crippen molar-refractivity contribution in [2.45, 2.75) is 51.9 Å². The summed E-state index contributed by atoms with van der Waals surface area (Å²) in [5.41, 5.74) is 5.46. The van der Waals surface area contributed by atoms with Gasteiger partial charge in [-0.1, -0.05) is 81.5 Å². The van der Waals surface area contributed by atoms with Gasteiger partial charge in [-0.2, -0.15) is 0 Å². The standard InChI is InChI=1S/C27H30O3/c1-2-3-4-5-6-7-8-20-9-11-22(12-10-20)26-19-24(28)17-18-25(26)21-13-15-23(16-14-21)27(29)30/h9-19,28H,2-8H2,1H3,(H,29,30). The summed E-state index contributed by atoms with van der Waals surface area (Å²) in [7, 11) is 0. The molecular formula is C27H30O3. The minimum absolute atomic E-state index is 0.215. The molecule has 0 atom stereocenters. The van der Waals surface area contributed by atoms with Gasteiger partial charge in [0.05, 0.1) is 5.56 Å². The number of carboxylic acids is 1. The molecule has 0 bridgehead atoms. The van der Waals surface area contributed by atoms with Crippen molar-refractivity contribution in [2.24, 2.45) is 0 Å². The van der Waals surface area contributed by atoms with E-state index in [1.807, 2.05) is 18.2 Å². The van der Waals surface area contributed by atoms with Crippen LogP contribution < -0.4 is 0 Å². The molecular weight excluding hydrogens is 372 g/mol. The van der Waals surface area contributed by atoms with E-state index >= 15 is 0 Å². The van der Waals surface area contributed by atoms with Crippen LogP contribution in [0.15, 0.2) is 66.7 Å². The van der Waals surface area contributed by atoms with Gasteiger partial charge < -0.3 is 10.2 Å². The number of phenolic OH excluding ortho intramolecular Hbond substituents is 1. The summed E-state index contributed by atoms with van der Waals surface area (Å²) in [4.78, 5) is 11.1. The molecule has 0 saturated carbocycles. The zero-order valence-electron chi connectivity index (χ0n) is 17.6. The van der Waals surface area contributed by atoms with Gasteiger partial charge in [-0.3, -0.25) is 0 Å². The van der Waals surface area contributed by atoms with Crippen LogP contribution in [0.25, 0.3) is 22.3 Å². The second kappa shape index (κ2) is 10.6. The van der Waals surface area contributed by atoms with Crippen LogP contribution in [-0.2, 0) is 6.42 Å². The van der Waals surface area contributed by atoms with E-state index in [2.05, 4.69) is 31.2 Å². The van der Waals surface area contributed by atoms with Crippen molar-refractivity contribution < 1.29 is 15.0 Å². The third-order valence-electron chi connectivity index (χ3n) is 5.53. The largest absolute Gasteiger partial charge is 0.508 e. The monoisotopic (exact) mass is 402 g/mol. The first-order chi connectivity index (χ1) is 14.6. The molecule has 0 aliphatic heterocycles. The van der Waals surface area contributed by atoms with Gasteiger partial charge in [0.25, 0.3) is 0 Å². The van der Waals surface area contributed by atoms with E-state index in [-0.39, 0.29) is 11.3 Å². The highest BCUT2D eigenvalue weighted by molar-refractivity contribution is 5.90. The predicted molar refractivity (Wildman–Crippen MR) is 123 cm³/mol. The first-order valence-electron chi connectivity index (χ1n) is 10.8. The van der Waals surface area contributed by atoms with Gasteiger partial charge >= 0.3 is 5.97 Å². The lowest BCUT2D eigenvalue weighted by molar-refractivity contribution is 0.0697. The Bertz CT molecular complexity index is 956. The fourth-order valence-corrected chi connectivity index (χ4v) is 3.78. The van der Waals surface area contributed by atoms with Gasteiger partial charge in [-0.15, -0.1) is 0 Å². The maximum atomic E-state index is 11.1. The Morgan fingerprint density at radius 2 is 1.33 bits per heavy atom. The van der Waals surface area contributed by atoms with E-state index in [1.165, 1.54) is 44.1 Å². The molecule has 0 amide bonds. The van der Waals surface area contributed by atoms with E-state index in [0.717, 1.165) is 28.7 Å². The van der Waals surface area contributed by atoms with Crippen molar-refractivity contribution in [3.63, 3.8) is 0 Å². The molecule has 0 heterocycles. The molecule has 3 aromatic rings. The van der Waals surface area contributed by atoms with Gasteiger partial charge in [0.1, 0.15) is 5.75 Å². The summed E-state index contributed by atoms with van der Waals surface area (Å²) >= 11 is 0. The molecule has 0 aromatic heterocycles. The molecule has 30 heavy (non-hydrogen) atoms. The highest BCUT2D eigenvalue weighted by atomic mass is 16.4. The fraction of sp³-hybridized carbons (Fsp3) is 0.296. The number of aromatic carboxylic acids is 1. The smallest absolute Gasteiger partial charge is 0.335 e. The summed E-state index contributed by atoms with van der Waals surface area (Å²) in [5, 5.41) is 19.2. The number of hydrogen-bond donors (Lipinski definition) is 2. The van der Waals surface area contributed by atoms with Crippen molar-refractivity contribution >= 4 is 5.97 Å². The number of aryl methyl sites for hydroxylation is 1. The highest BCUT2D eigenvalue weighted by Crippen LogP contribution is 2.35. The number of hydrogen-bond acceptors (Lipinski definition) is 2. The van der Waals surface area contributed by atoms with Crippen molar-refractivity contribution in [3.05, 3.63) is 77.9 Å². The van der Waals surface area contributed by atoms with Crippen LogP contribution >= 0.6 is 0 Å². The first-order valence-corrected chi connectivity index (χ1v) is 10.8. The molecule has 3 aromatic carbocycles. The van der Waals surface area contributed by atoms with Crippen LogP contribution in [0, 0.1) is 0 Å². The number of rotatable bonds is 10. The molecule has 0 aliphatic carbocycles. The molecule has 3 nitrogen and oxygen atoms in total. The third-order valence-corrected chi connectivity index (χ3v) is 5.53. The van der Waals surface area contributed by atoms with Crippen molar-refractivity contribution in [3.8, 4) is 28.0 Å². The minimum Gasteiger partial charge on any atom is -0.508 e. The number of carboxylic acid groups (broad SMARTS) is 1. The zero-order chi connectivity index (χ0) is 21.3. The topological polar surface area (TPSA) is 57.5 Å². The van der Waals surface area contributed by atoms with Gasteiger partial charge in [0.15, 0.2) is 0 Å². The average molecular weight is 403 g/mol. The molecule has 0 radical (unpaired) electrons. The highest BCUT2D eigenvalue weighted by Gasteiger charge is 2.10. The fourth-order valence-electron chi connectivity index (χ4n) is 3.78. The predicted octanol–water partition coefficient (Wildman–Crippen LogP) is 7.33. The molecule has 156 valence electrons. The third kappa shape index (κ3) is 5.73. The lowest BCUT2D eigenvalue weighted by atomic mass is 9.93. The first kappa shape index (κ1) is 21.6. The Morgan fingerprint density at radius 3 is 2.00 bits per heavy atom. The lowest BCUT2D eigenvalue weighted by Gasteiger charge is -2.12. The van der Waals surface area contributed by atoms with Gasteiger partial charge in [-0.25, -0.2) is 4.79 Å². The molecule has 0 unspecified atom stereocenters. The van der Waals surface area contributed by atoms with Crippen LogP contribution in [0.4, 0.5) is 0 Å². The summed E-state index contributed by atoms with van der Waals surface area (Å²) in [6.07, 6.45) is 8.86. The SMILES string of the molecule is CCCCCCCCc1ccc(-c2cc(O)ccc2-c2ccc(C(=O)O)cc2)cc1. The second-order valence-corrected chi connectivity index (χ2v) is 7.83. The molecule has 0 saturated heterocycles. The Hall–Kier alpha value is -3.07. The second-order valence-electron chi connectivity index (χ2n) is 7.83. The zero-order valence-corrected chi connectivity index (χ0v) is 17.6. The quantitative estimate of drug-likeness (QED) is 0.349. The Morgan fingerprint density at radius 1 is 0.733 bits per heavy atom. The normalized spacial score (nSPS) is 10.8. The molecule has 2 N–H and O–H groups in total. The molecule has 3 rings (SSSR count). The van der Waals surface area contributed by atoms with Crippen LogP contribution in [0.1, 0.15) is 61.4 Å². The van der Waals surface area contributed by atoms with E-state index in [9.17, 15) is 9.90 Å². The molecule has 3 heteroatoms. The number of carbonyl (C=O) groups is 1. The molecule has 0 aliphatic rings. The summed E-state index contributed by atoms with van der Waals surface area (Å²) in [6.45, 7) is 2.24. The number of aromatic hydroxyl groups is 1. The summed E-state index contributed by atoms with van der Waals surface area (Å²) in [5.74, 6) is -0.722. The summed E-state index contributed by atoms with van der Waals surface area (Å²) in [6, 6.07) is 20.7. The van der Waals surface area contributed by atoms with Gasteiger partial charge in [-0.05, 0) is 64.9 Å². The maximum absolute atomic E-state index is 11.1. The Labute approximate surface area is 179 Å². The number of phenols is 1. The molecule has 0 fully saturated rings. The van der Waals surface area contributed by atoms with Crippen LogP contribution in [0.5, 0.6) is 5.75 Å². The number of benzene rings is 3. The van der Waals surface area contributed by atoms with Crippen molar-refractivity contribution in [1.82, 2.24) is 0 Å². The van der Waals surface area contributed by atoms with E-state index in [4.69, 9.17) is 5.11 Å². The number of unbranched alkanes of at least 4 members (excludes halogenated alkanes) is 5. The Balaban J connectivity index is 1.75. The molecule has 0 spiro atoms. The van der Waals surface area contributed by atoms with Gasteiger partial charge in [0, 0.05) is 0 Å². The average Bonchev–Trinajstić information content (AvgIpc) is 2.76. The van der Waals surface area contributed by atoms with Gasteiger partial charge in [0.2, 0.25) is 0 Å². The van der Waals surface area contributed by atoms with E-state index in [1.54, 1.807) is 24.3 Å². The van der Waals surface area contributed by atoms with Crippen LogP contribution in [0.3, 0.4) is 0 Å². The van der Waals surface area contributed by atoms with E-state index < -0.39 is 5.97 Å². The van der Waals surface area contributed by atoms with Crippen LogP contribution in [0.2, 0.25) is 0 Å².